The molecule has 0 aliphatic rings. The van der Waals surface area contributed by atoms with Crippen molar-refractivity contribution < 1.29 is 5.11 Å². The largest absolute Gasteiger partial charge is 0.395 e. The molecule has 0 amide bonds. The fourth-order valence-corrected chi connectivity index (χ4v) is 2.40. The number of anilines is 1. The van der Waals surface area contributed by atoms with Crippen LogP contribution >= 0.6 is 11.6 Å². The van der Waals surface area contributed by atoms with Crippen molar-refractivity contribution in [1.29, 1.82) is 0 Å². The standard InChI is InChI=1S/C15H18ClN3O/c1-2-13-14(16)17-11-18-15(13)19(8-9-20)10-12-6-4-3-5-7-12/h3-7,11,20H,2,8-10H2,1H3. The second-order valence-electron chi connectivity index (χ2n) is 4.45. The van der Waals surface area contributed by atoms with Crippen LogP contribution in [0.25, 0.3) is 0 Å². The van der Waals surface area contributed by atoms with Gasteiger partial charge in [0.2, 0.25) is 0 Å². The van der Waals surface area contributed by atoms with E-state index in [2.05, 4.69) is 22.1 Å². The van der Waals surface area contributed by atoms with E-state index in [4.69, 9.17) is 11.6 Å². The summed E-state index contributed by atoms with van der Waals surface area (Å²) in [6.07, 6.45) is 2.22. The molecule has 0 bridgehead atoms. The predicted molar refractivity (Wildman–Crippen MR) is 81.0 cm³/mol. The molecular formula is C15H18ClN3O. The Labute approximate surface area is 124 Å². The fraction of sp³-hybridized carbons (Fsp3) is 0.333. The fourth-order valence-electron chi connectivity index (χ4n) is 2.14. The zero-order valence-corrected chi connectivity index (χ0v) is 12.2. The van der Waals surface area contributed by atoms with Crippen molar-refractivity contribution in [1.82, 2.24) is 9.97 Å². The minimum Gasteiger partial charge on any atom is -0.395 e. The first-order valence-corrected chi connectivity index (χ1v) is 7.03. The van der Waals surface area contributed by atoms with E-state index in [0.29, 0.717) is 18.2 Å². The number of aliphatic hydroxyl groups excluding tert-OH is 1. The summed E-state index contributed by atoms with van der Waals surface area (Å²) in [7, 11) is 0. The second-order valence-corrected chi connectivity index (χ2v) is 4.81. The van der Waals surface area contributed by atoms with Crippen molar-refractivity contribution in [3.8, 4) is 0 Å². The molecule has 0 aliphatic heterocycles. The lowest BCUT2D eigenvalue weighted by Crippen LogP contribution is -2.28. The van der Waals surface area contributed by atoms with Gasteiger partial charge in [-0.1, -0.05) is 48.9 Å². The van der Waals surface area contributed by atoms with E-state index in [0.717, 1.165) is 23.4 Å². The molecular weight excluding hydrogens is 274 g/mol. The zero-order chi connectivity index (χ0) is 14.4. The van der Waals surface area contributed by atoms with Crippen LogP contribution in [0.2, 0.25) is 5.15 Å². The lowest BCUT2D eigenvalue weighted by Gasteiger charge is -2.25. The van der Waals surface area contributed by atoms with Gasteiger partial charge in [-0.25, -0.2) is 9.97 Å². The van der Waals surface area contributed by atoms with Crippen molar-refractivity contribution in [2.24, 2.45) is 0 Å². The Morgan fingerprint density at radius 2 is 1.95 bits per heavy atom. The van der Waals surface area contributed by atoms with Gasteiger partial charge in [-0.3, -0.25) is 0 Å². The normalized spacial score (nSPS) is 10.6. The van der Waals surface area contributed by atoms with Gasteiger partial charge in [0.1, 0.15) is 17.3 Å². The molecule has 0 radical (unpaired) electrons. The average molecular weight is 292 g/mol. The van der Waals surface area contributed by atoms with E-state index < -0.39 is 0 Å². The van der Waals surface area contributed by atoms with Gasteiger partial charge in [-0.2, -0.15) is 0 Å². The molecule has 2 aromatic rings. The topological polar surface area (TPSA) is 49.2 Å². The summed E-state index contributed by atoms with van der Waals surface area (Å²) in [5, 5.41) is 9.77. The third-order valence-electron chi connectivity index (χ3n) is 3.11. The van der Waals surface area contributed by atoms with Crippen LogP contribution in [0.1, 0.15) is 18.1 Å². The first-order chi connectivity index (χ1) is 9.76. The maximum absolute atomic E-state index is 9.29. The number of hydrogen-bond donors (Lipinski definition) is 1. The second kappa shape index (κ2) is 7.22. The van der Waals surface area contributed by atoms with Crippen LogP contribution in [0.15, 0.2) is 36.7 Å². The number of benzene rings is 1. The molecule has 0 spiro atoms. The number of nitrogens with zero attached hydrogens (tertiary/aromatic N) is 3. The SMILES string of the molecule is CCc1c(Cl)ncnc1N(CCO)Cc1ccccc1. The molecule has 1 N–H and O–H groups in total. The van der Waals surface area contributed by atoms with Crippen LogP contribution in [0.5, 0.6) is 0 Å². The first-order valence-electron chi connectivity index (χ1n) is 6.65. The zero-order valence-electron chi connectivity index (χ0n) is 11.5. The van der Waals surface area contributed by atoms with Crippen LogP contribution in [-0.4, -0.2) is 28.2 Å². The van der Waals surface area contributed by atoms with E-state index in [1.54, 1.807) is 0 Å². The third-order valence-corrected chi connectivity index (χ3v) is 3.44. The average Bonchev–Trinajstić information content (AvgIpc) is 2.47. The smallest absolute Gasteiger partial charge is 0.137 e. The highest BCUT2D eigenvalue weighted by molar-refractivity contribution is 6.30. The van der Waals surface area contributed by atoms with Gasteiger partial charge < -0.3 is 10.0 Å². The highest BCUT2D eigenvalue weighted by atomic mass is 35.5. The Hall–Kier alpha value is -1.65. The molecule has 0 unspecified atom stereocenters. The molecule has 0 fully saturated rings. The van der Waals surface area contributed by atoms with Crippen molar-refractivity contribution >= 4 is 17.4 Å². The summed E-state index contributed by atoms with van der Waals surface area (Å²) in [6, 6.07) is 10.1. The summed E-state index contributed by atoms with van der Waals surface area (Å²) in [6.45, 7) is 3.28. The highest BCUT2D eigenvalue weighted by Gasteiger charge is 2.15. The van der Waals surface area contributed by atoms with Crippen LogP contribution < -0.4 is 4.90 Å². The summed E-state index contributed by atoms with van der Waals surface area (Å²) in [5.41, 5.74) is 2.08. The number of hydrogen-bond acceptors (Lipinski definition) is 4. The van der Waals surface area contributed by atoms with Crippen LogP contribution in [0.3, 0.4) is 0 Å². The Balaban J connectivity index is 2.31. The Kier molecular flexibility index (Phi) is 5.32. The molecule has 1 heterocycles. The maximum atomic E-state index is 9.29. The van der Waals surface area contributed by atoms with Crippen LogP contribution in [0, 0.1) is 0 Å². The summed E-state index contributed by atoms with van der Waals surface area (Å²) < 4.78 is 0. The number of rotatable bonds is 6. The van der Waals surface area contributed by atoms with Crippen molar-refractivity contribution in [3.63, 3.8) is 0 Å². The Morgan fingerprint density at radius 1 is 1.20 bits per heavy atom. The molecule has 4 nitrogen and oxygen atoms in total. The number of halogens is 1. The Morgan fingerprint density at radius 3 is 2.60 bits per heavy atom. The number of aromatic nitrogens is 2. The molecule has 106 valence electrons. The van der Waals surface area contributed by atoms with Gasteiger partial charge in [0.25, 0.3) is 0 Å². The molecule has 1 aromatic carbocycles. The van der Waals surface area contributed by atoms with Gasteiger partial charge >= 0.3 is 0 Å². The highest BCUT2D eigenvalue weighted by Crippen LogP contribution is 2.25. The lowest BCUT2D eigenvalue weighted by atomic mass is 10.2. The molecule has 5 heteroatoms. The van der Waals surface area contributed by atoms with Crippen molar-refractivity contribution in [2.45, 2.75) is 19.9 Å². The van der Waals surface area contributed by atoms with E-state index in [9.17, 15) is 5.11 Å². The first kappa shape index (κ1) is 14.8. The molecule has 0 saturated carbocycles. The summed E-state index contributed by atoms with van der Waals surface area (Å²) in [5.74, 6) is 0.797. The molecule has 0 aliphatic carbocycles. The molecule has 0 saturated heterocycles. The van der Waals surface area contributed by atoms with Gasteiger partial charge in [0, 0.05) is 18.7 Å². The minimum atomic E-state index is 0.0671. The maximum Gasteiger partial charge on any atom is 0.137 e. The molecule has 0 atom stereocenters. The van der Waals surface area contributed by atoms with E-state index in [1.807, 2.05) is 30.0 Å². The predicted octanol–water partition coefficient (Wildman–Crippen LogP) is 2.69. The monoisotopic (exact) mass is 291 g/mol. The quantitative estimate of drug-likeness (QED) is 0.832. The molecule has 2 rings (SSSR count). The third kappa shape index (κ3) is 3.46. The number of aliphatic hydroxyl groups is 1. The van der Waals surface area contributed by atoms with Crippen molar-refractivity contribution in [2.75, 3.05) is 18.1 Å². The van der Waals surface area contributed by atoms with Gasteiger partial charge in [-0.05, 0) is 12.0 Å². The van der Waals surface area contributed by atoms with Crippen LogP contribution in [0.4, 0.5) is 5.82 Å². The van der Waals surface area contributed by atoms with Crippen molar-refractivity contribution in [3.05, 3.63) is 52.9 Å². The van der Waals surface area contributed by atoms with Crippen LogP contribution in [-0.2, 0) is 13.0 Å². The molecule has 20 heavy (non-hydrogen) atoms. The van der Waals surface area contributed by atoms with Gasteiger partial charge in [0.15, 0.2) is 0 Å². The summed E-state index contributed by atoms with van der Waals surface area (Å²) >= 11 is 6.14. The van der Waals surface area contributed by atoms with Gasteiger partial charge in [-0.15, -0.1) is 0 Å². The van der Waals surface area contributed by atoms with E-state index in [1.165, 1.54) is 6.33 Å². The lowest BCUT2D eigenvalue weighted by molar-refractivity contribution is 0.301. The Bertz CT molecular complexity index is 548. The van der Waals surface area contributed by atoms with E-state index >= 15 is 0 Å². The molecule has 1 aromatic heterocycles. The van der Waals surface area contributed by atoms with E-state index in [-0.39, 0.29) is 6.61 Å². The summed E-state index contributed by atoms with van der Waals surface area (Å²) in [4.78, 5) is 10.4. The van der Waals surface area contributed by atoms with Gasteiger partial charge in [0.05, 0.1) is 6.61 Å². The minimum absolute atomic E-state index is 0.0671.